The van der Waals surface area contributed by atoms with Gasteiger partial charge in [0.25, 0.3) is 5.91 Å². The maximum Gasteiger partial charge on any atom is 0.258 e. The first-order valence-corrected chi connectivity index (χ1v) is 9.08. The number of rotatable bonds is 9. The lowest BCUT2D eigenvalue weighted by Crippen LogP contribution is -2.32. The molecule has 0 saturated carbocycles. The van der Waals surface area contributed by atoms with Crippen molar-refractivity contribution in [1.29, 1.82) is 0 Å². The molecule has 10 heteroatoms. The Morgan fingerprint density at radius 3 is 2.13 bits per heavy atom. The maximum atomic E-state index is 12.7. The van der Waals surface area contributed by atoms with Crippen LogP contribution in [0.4, 0.5) is 11.4 Å². The molecule has 0 aliphatic carbocycles. The summed E-state index contributed by atoms with van der Waals surface area (Å²) >= 11 is 6.19. The monoisotopic (exact) mass is 435 g/mol. The number of nitrogens with zero attached hydrogens (tertiary/aromatic N) is 2. The summed E-state index contributed by atoms with van der Waals surface area (Å²) in [4.78, 5) is 24.8. The van der Waals surface area contributed by atoms with Crippen LogP contribution in [0.15, 0.2) is 40.6 Å². The molecule has 0 aliphatic rings. The Morgan fingerprint density at radius 2 is 1.57 bits per heavy atom. The average molecular weight is 436 g/mol. The standard InChI is InChI=1S/C20H22ClN3O6/c1-11(25)17(24-23-12-6-8-14(27-2)16(10-12)29-4)20(26)22-18-13(21)7-9-15(28-3)19(18)30-5/h6-10,17H,1-5H3,(H,22,26). The van der Waals surface area contributed by atoms with Gasteiger partial charge in [0, 0.05) is 6.07 Å². The topological polar surface area (TPSA) is 108 Å². The lowest BCUT2D eigenvalue weighted by Gasteiger charge is -2.16. The third kappa shape index (κ3) is 5.18. The predicted molar refractivity (Wildman–Crippen MR) is 112 cm³/mol. The number of methoxy groups -OCH3 is 4. The van der Waals surface area contributed by atoms with Crippen molar-refractivity contribution < 1.29 is 28.5 Å². The number of anilines is 1. The molecule has 1 atom stereocenters. The van der Waals surface area contributed by atoms with Crippen LogP contribution in [0, 0.1) is 0 Å². The van der Waals surface area contributed by atoms with Gasteiger partial charge < -0.3 is 24.3 Å². The molecule has 0 aromatic heterocycles. The van der Waals surface area contributed by atoms with Crippen LogP contribution in [-0.2, 0) is 9.59 Å². The molecule has 30 heavy (non-hydrogen) atoms. The molecule has 0 radical (unpaired) electrons. The largest absolute Gasteiger partial charge is 0.493 e. The number of hydrogen-bond acceptors (Lipinski definition) is 8. The van der Waals surface area contributed by atoms with Gasteiger partial charge in [0.2, 0.25) is 6.04 Å². The molecule has 0 bridgehead atoms. The van der Waals surface area contributed by atoms with E-state index in [2.05, 4.69) is 15.5 Å². The van der Waals surface area contributed by atoms with Gasteiger partial charge in [-0.2, -0.15) is 10.2 Å². The van der Waals surface area contributed by atoms with Crippen molar-refractivity contribution in [2.45, 2.75) is 13.0 Å². The molecule has 0 saturated heterocycles. The molecule has 9 nitrogen and oxygen atoms in total. The van der Waals surface area contributed by atoms with Gasteiger partial charge in [-0.1, -0.05) is 11.6 Å². The molecule has 0 aliphatic heterocycles. The van der Waals surface area contributed by atoms with Gasteiger partial charge in [0.1, 0.15) is 5.69 Å². The first-order chi connectivity index (χ1) is 14.4. The Kier molecular flexibility index (Phi) is 7.99. The fraction of sp³-hybridized carbons (Fsp3) is 0.300. The first-order valence-electron chi connectivity index (χ1n) is 8.70. The Labute approximate surface area is 178 Å². The summed E-state index contributed by atoms with van der Waals surface area (Å²) in [5.74, 6) is 0.304. The smallest absolute Gasteiger partial charge is 0.258 e. The second-order valence-electron chi connectivity index (χ2n) is 5.92. The summed E-state index contributed by atoms with van der Waals surface area (Å²) in [5.41, 5.74) is 0.541. The lowest BCUT2D eigenvalue weighted by atomic mass is 10.2. The van der Waals surface area contributed by atoms with E-state index in [4.69, 9.17) is 30.5 Å². The number of carbonyl (C=O) groups is 2. The molecule has 2 aromatic rings. The van der Waals surface area contributed by atoms with Gasteiger partial charge in [0.15, 0.2) is 28.8 Å². The number of halogens is 1. The molecule has 1 N–H and O–H groups in total. The fourth-order valence-corrected chi connectivity index (χ4v) is 2.74. The van der Waals surface area contributed by atoms with Crippen molar-refractivity contribution in [1.82, 2.24) is 0 Å². The zero-order chi connectivity index (χ0) is 22.3. The molecule has 160 valence electrons. The van der Waals surface area contributed by atoms with Gasteiger partial charge in [-0.3, -0.25) is 9.59 Å². The van der Waals surface area contributed by atoms with Crippen molar-refractivity contribution in [2.24, 2.45) is 10.2 Å². The van der Waals surface area contributed by atoms with E-state index in [9.17, 15) is 9.59 Å². The number of carbonyl (C=O) groups excluding carboxylic acids is 2. The molecule has 1 amide bonds. The highest BCUT2D eigenvalue weighted by Gasteiger charge is 2.26. The number of nitrogens with one attached hydrogen (secondary N) is 1. The average Bonchev–Trinajstić information content (AvgIpc) is 2.74. The van der Waals surface area contributed by atoms with Gasteiger partial charge in [0.05, 0.1) is 39.1 Å². The van der Waals surface area contributed by atoms with Crippen LogP contribution < -0.4 is 24.3 Å². The number of ether oxygens (including phenoxy) is 4. The highest BCUT2D eigenvalue weighted by atomic mass is 35.5. The van der Waals surface area contributed by atoms with E-state index in [1.807, 2.05) is 0 Å². The van der Waals surface area contributed by atoms with Gasteiger partial charge >= 0.3 is 0 Å². The van der Waals surface area contributed by atoms with Crippen LogP contribution in [0.3, 0.4) is 0 Å². The summed E-state index contributed by atoms with van der Waals surface area (Å²) in [7, 11) is 5.85. The predicted octanol–water partition coefficient (Wildman–Crippen LogP) is 4.05. The Hall–Kier alpha value is -3.33. The second-order valence-corrected chi connectivity index (χ2v) is 6.32. The number of ketones is 1. The number of Topliss-reactive ketones (excluding diaryl/α,β-unsaturated/α-hetero) is 1. The van der Waals surface area contributed by atoms with Crippen LogP contribution in [0.1, 0.15) is 6.92 Å². The summed E-state index contributed by atoms with van der Waals surface area (Å²) in [6.07, 6.45) is 0. The van der Waals surface area contributed by atoms with Crippen LogP contribution in [0.2, 0.25) is 5.02 Å². The normalized spacial score (nSPS) is 11.7. The Morgan fingerprint density at radius 1 is 0.933 bits per heavy atom. The molecule has 0 spiro atoms. The second kappa shape index (κ2) is 10.4. The minimum atomic E-state index is -1.40. The molecule has 1 unspecified atom stereocenters. The van der Waals surface area contributed by atoms with Crippen molar-refractivity contribution in [2.75, 3.05) is 33.8 Å². The van der Waals surface area contributed by atoms with E-state index in [0.29, 0.717) is 22.9 Å². The van der Waals surface area contributed by atoms with E-state index >= 15 is 0 Å². The van der Waals surface area contributed by atoms with Gasteiger partial charge in [-0.25, -0.2) is 0 Å². The quantitative estimate of drug-likeness (QED) is 0.470. The highest BCUT2D eigenvalue weighted by molar-refractivity contribution is 6.34. The molecular weight excluding hydrogens is 414 g/mol. The zero-order valence-corrected chi connectivity index (χ0v) is 17.9. The van der Waals surface area contributed by atoms with Crippen LogP contribution in [0.25, 0.3) is 0 Å². The summed E-state index contributed by atoms with van der Waals surface area (Å²) in [6.45, 7) is 1.24. The maximum absolute atomic E-state index is 12.7. The van der Waals surface area contributed by atoms with E-state index in [0.717, 1.165) is 0 Å². The van der Waals surface area contributed by atoms with Gasteiger partial charge in [-0.05, 0) is 31.2 Å². The zero-order valence-electron chi connectivity index (χ0n) is 17.2. The van der Waals surface area contributed by atoms with Crippen LogP contribution in [-0.4, -0.2) is 46.2 Å². The minimum absolute atomic E-state index is 0.163. The number of hydrogen-bond donors (Lipinski definition) is 1. The third-order valence-electron chi connectivity index (χ3n) is 4.03. The highest BCUT2D eigenvalue weighted by Crippen LogP contribution is 2.40. The summed E-state index contributed by atoms with van der Waals surface area (Å²) in [5, 5.41) is 10.7. The van der Waals surface area contributed by atoms with Crippen molar-refractivity contribution in [3.63, 3.8) is 0 Å². The van der Waals surface area contributed by atoms with Crippen molar-refractivity contribution in [3.05, 3.63) is 35.4 Å². The number of amides is 1. The molecular formula is C20H22ClN3O6. The van der Waals surface area contributed by atoms with E-state index in [1.165, 1.54) is 41.4 Å². The molecule has 0 heterocycles. The summed E-state index contributed by atoms with van der Waals surface area (Å²) < 4.78 is 20.8. The van der Waals surface area contributed by atoms with Crippen LogP contribution >= 0.6 is 11.6 Å². The Balaban J connectivity index is 2.31. The van der Waals surface area contributed by atoms with Crippen LogP contribution in [0.5, 0.6) is 23.0 Å². The third-order valence-corrected chi connectivity index (χ3v) is 4.35. The van der Waals surface area contributed by atoms with Crippen molar-refractivity contribution in [3.8, 4) is 23.0 Å². The van der Waals surface area contributed by atoms with Crippen molar-refractivity contribution >= 4 is 34.7 Å². The van der Waals surface area contributed by atoms with E-state index in [1.54, 1.807) is 24.3 Å². The molecule has 0 fully saturated rings. The lowest BCUT2D eigenvalue weighted by molar-refractivity contribution is -0.126. The van der Waals surface area contributed by atoms with Gasteiger partial charge in [-0.15, -0.1) is 0 Å². The first kappa shape index (κ1) is 23.0. The molecule has 2 aromatic carbocycles. The summed E-state index contributed by atoms with van der Waals surface area (Å²) in [6, 6.07) is 6.55. The Bertz CT molecular complexity index is 964. The van der Waals surface area contributed by atoms with E-state index < -0.39 is 17.7 Å². The number of benzene rings is 2. The SMILES string of the molecule is COc1ccc(N=NC(C(C)=O)C(=O)Nc2c(Cl)ccc(OC)c2OC)cc1OC. The minimum Gasteiger partial charge on any atom is -0.493 e. The number of azo groups is 1. The van der Waals surface area contributed by atoms with E-state index in [-0.39, 0.29) is 16.5 Å². The fourth-order valence-electron chi connectivity index (χ4n) is 2.54. The molecule has 2 rings (SSSR count).